The molecular formula is C9H18O4. The minimum absolute atomic E-state index is 0.0951. The van der Waals surface area contributed by atoms with Crippen LogP contribution in [0.3, 0.4) is 0 Å². The fourth-order valence-corrected chi connectivity index (χ4v) is 0.859. The minimum atomic E-state index is -0.251. The molecule has 0 N–H and O–H groups in total. The van der Waals surface area contributed by atoms with E-state index in [2.05, 4.69) is 0 Å². The molecule has 4 nitrogen and oxygen atoms in total. The largest absolute Gasteiger partial charge is 0.460 e. The van der Waals surface area contributed by atoms with E-state index in [-0.39, 0.29) is 24.6 Å². The van der Waals surface area contributed by atoms with Gasteiger partial charge in [0.05, 0.1) is 19.1 Å². The summed E-state index contributed by atoms with van der Waals surface area (Å²) in [4.78, 5) is 11.1. The maximum Gasteiger partial charge on any atom is 0.308 e. The number of ether oxygens (including phenoxy) is 3. The first-order valence-electron chi connectivity index (χ1n) is 4.31. The zero-order chi connectivity index (χ0) is 10.3. The van der Waals surface area contributed by atoms with Crippen molar-refractivity contribution in [3.05, 3.63) is 0 Å². The molecule has 0 aliphatic heterocycles. The van der Waals surface area contributed by atoms with Gasteiger partial charge in [-0.05, 0) is 13.8 Å². The van der Waals surface area contributed by atoms with Crippen molar-refractivity contribution in [2.24, 2.45) is 0 Å². The Labute approximate surface area is 79.2 Å². The molecule has 0 aliphatic rings. The molecule has 0 saturated carbocycles. The van der Waals surface area contributed by atoms with E-state index < -0.39 is 0 Å². The van der Waals surface area contributed by atoms with Crippen LogP contribution in [0.4, 0.5) is 0 Å². The fraction of sp³-hybridized carbons (Fsp3) is 0.889. The minimum Gasteiger partial charge on any atom is -0.460 e. The van der Waals surface area contributed by atoms with Crippen molar-refractivity contribution in [3.8, 4) is 0 Å². The highest BCUT2D eigenvalue weighted by Crippen LogP contribution is 2.00. The van der Waals surface area contributed by atoms with E-state index >= 15 is 0 Å². The predicted molar refractivity (Wildman–Crippen MR) is 48.5 cm³/mol. The van der Waals surface area contributed by atoms with Crippen LogP contribution < -0.4 is 0 Å². The normalized spacial score (nSPS) is 15.1. The molecule has 78 valence electrons. The number of esters is 1. The zero-order valence-corrected chi connectivity index (χ0v) is 8.70. The highest BCUT2D eigenvalue weighted by Gasteiger charge is 2.12. The van der Waals surface area contributed by atoms with Crippen LogP contribution in [0, 0.1) is 0 Å². The maximum absolute atomic E-state index is 11.1. The van der Waals surface area contributed by atoms with Crippen molar-refractivity contribution in [2.75, 3.05) is 20.8 Å². The summed E-state index contributed by atoms with van der Waals surface area (Å²) in [5.41, 5.74) is 0. The van der Waals surface area contributed by atoms with Gasteiger partial charge in [-0.25, -0.2) is 0 Å². The summed E-state index contributed by atoms with van der Waals surface area (Å²) in [5.74, 6) is -0.251. The van der Waals surface area contributed by atoms with Gasteiger partial charge in [0, 0.05) is 14.2 Å². The Morgan fingerprint density at radius 2 is 1.85 bits per heavy atom. The number of carbonyl (C=O) groups excluding carboxylic acids is 1. The third kappa shape index (κ3) is 6.54. The van der Waals surface area contributed by atoms with Crippen molar-refractivity contribution in [1.82, 2.24) is 0 Å². The number of methoxy groups -OCH3 is 2. The van der Waals surface area contributed by atoms with Crippen LogP contribution in [0.15, 0.2) is 0 Å². The smallest absolute Gasteiger partial charge is 0.308 e. The summed E-state index contributed by atoms with van der Waals surface area (Å²) >= 11 is 0. The van der Waals surface area contributed by atoms with Crippen LogP contribution in [0.5, 0.6) is 0 Å². The molecule has 0 amide bonds. The fourth-order valence-electron chi connectivity index (χ4n) is 0.859. The second kappa shape index (κ2) is 6.86. The molecule has 0 aromatic rings. The Kier molecular flexibility index (Phi) is 6.54. The number of hydrogen-bond donors (Lipinski definition) is 0. The van der Waals surface area contributed by atoms with E-state index in [0.717, 1.165) is 0 Å². The molecule has 0 spiro atoms. The number of hydrogen-bond acceptors (Lipinski definition) is 4. The molecule has 4 heteroatoms. The van der Waals surface area contributed by atoms with E-state index in [0.29, 0.717) is 6.61 Å². The standard InChI is InChI=1S/C9H18O4/c1-7(12-4)5-9(10)13-8(2)6-11-3/h7-8H,5-6H2,1-4H3. The molecule has 2 unspecified atom stereocenters. The quantitative estimate of drug-likeness (QED) is 0.586. The molecule has 0 aliphatic carbocycles. The van der Waals surface area contributed by atoms with Crippen molar-refractivity contribution in [3.63, 3.8) is 0 Å². The summed E-state index contributed by atoms with van der Waals surface area (Å²) < 4.78 is 14.8. The molecular weight excluding hydrogens is 172 g/mol. The predicted octanol–water partition coefficient (Wildman–Crippen LogP) is 0.990. The summed E-state index contributed by atoms with van der Waals surface area (Å²) in [6.45, 7) is 4.04. The SMILES string of the molecule is COCC(C)OC(=O)CC(C)OC. The molecule has 0 bridgehead atoms. The molecule has 0 fully saturated rings. The van der Waals surface area contributed by atoms with Crippen molar-refractivity contribution >= 4 is 5.97 Å². The molecule has 0 aromatic heterocycles. The van der Waals surface area contributed by atoms with Gasteiger partial charge >= 0.3 is 5.97 Å². The van der Waals surface area contributed by atoms with Gasteiger partial charge in [-0.2, -0.15) is 0 Å². The van der Waals surface area contributed by atoms with Crippen LogP contribution in [0.1, 0.15) is 20.3 Å². The lowest BCUT2D eigenvalue weighted by atomic mass is 10.3. The van der Waals surface area contributed by atoms with Crippen molar-refractivity contribution in [2.45, 2.75) is 32.5 Å². The van der Waals surface area contributed by atoms with Crippen LogP contribution in [0.2, 0.25) is 0 Å². The molecule has 0 rings (SSSR count). The Morgan fingerprint density at radius 3 is 2.31 bits per heavy atom. The summed E-state index contributed by atoms with van der Waals surface area (Å²) in [5, 5.41) is 0. The first-order chi connectivity index (χ1) is 6.10. The van der Waals surface area contributed by atoms with Crippen LogP contribution in [-0.2, 0) is 19.0 Å². The third-order valence-electron chi connectivity index (χ3n) is 1.59. The van der Waals surface area contributed by atoms with Crippen LogP contribution >= 0.6 is 0 Å². The molecule has 2 atom stereocenters. The van der Waals surface area contributed by atoms with Gasteiger partial charge < -0.3 is 14.2 Å². The average Bonchev–Trinajstić information content (AvgIpc) is 2.04. The van der Waals surface area contributed by atoms with Gasteiger partial charge in [-0.1, -0.05) is 0 Å². The highest BCUT2D eigenvalue weighted by atomic mass is 16.6. The summed E-state index contributed by atoms with van der Waals surface area (Å²) in [7, 11) is 3.14. The van der Waals surface area contributed by atoms with E-state index in [9.17, 15) is 4.79 Å². The van der Waals surface area contributed by atoms with E-state index in [1.54, 1.807) is 21.1 Å². The lowest BCUT2D eigenvalue weighted by molar-refractivity contribution is -0.152. The summed E-state index contributed by atoms with van der Waals surface area (Å²) in [6, 6.07) is 0. The van der Waals surface area contributed by atoms with Gasteiger partial charge in [-0.15, -0.1) is 0 Å². The second-order valence-electron chi connectivity index (χ2n) is 3.01. The first-order valence-corrected chi connectivity index (χ1v) is 4.31. The van der Waals surface area contributed by atoms with Crippen molar-refractivity contribution < 1.29 is 19.0 Å². The maximum atomic E-state index is 11.1. The van der Waals surface area contributed by atoms with E-state index in [4.69, 9.17) is 14.2 Å². The lowest BCUT2D eigenvalue weighted by Crippen LogP contribution is -2.22. The lowest BCUT2D eigenvalue weighted by Gasteiger charge is -2.13. The number of rotatable bonds is 6. The average molecular weight is 190 g/mol. The molecule has 0 aromatic carbocycles. The Bertz CT molecular complexity index is 147. The second-order valence-corrected chi connectivity index (χ2v) is 3.01. The number of carbonyl (C=O) groups is 1. The van der Waals surface area contributed by atoms with Gasteiger partial charge in [0.25, 0.3) is 0 Å². The third-order valence-corrected chi connectivity index (χ3v) is 1.59. The molecule has 0 radical (unpaired) electrons. The zero-order valence-electron chi connectivity index (χ0n) is 8.70. The molecule has 13 heavy (non-hydrogen) atoms. The van der Waals surface area contributed by atoms with Crippen LogP contribution in [0.25, 0.3) is 0 Å². The Balaban J connectivity index is 3.61. The topological polar surface area (TPSA) is 44.8 Å². The van der Waals surface area contributed by atoms with Gasteiger partial charge in [0.15, 0.2) is 0 Å². The van der Waals surface area contributed by atoms with Gasteiger partial charge in [0.1, 0.15) is 6.10 Å². The van der Waals surface area contributed by atoms with E-state index in [1.807, 2.05) is 6.92 Å². The Morgan fingerprint density at radius 1 is 1.23 bits per heavy atom. The van der Waals surface area contributed by atoms with Crippen LogP contribution in [-0.4, -0.2) is 39.0 Å². The van der Waals surface area contributed by atoms with E-state index in [1.165, 1.54) is 0 Å². The molecule has 0 heterocycles. The van der Waals surface area contributed by atoms with Gasteiger partial charge in [-0.3, -0.25) is 4.79 Å². The monoisotopic (exact) mass is 190 g/mol. The van der Waals surface area contributed by atoms with Gasteiger partial charge in [0.2, 0.25) is 0 Å². The Hall–Kier alpha value is -0.610. The van der Waals surface area contributed by atoms with Crippen molar-refractivity contribution in [1.29, 1.82) is 0 Å². The first kappa shape index (κ1) is 12.4. The molecule has 0 saturated heterocycles. The highest BCUT2D eigenvalue weighted by molar-refractivity contribution is 5.70. The summed E-state index contributed by atoms with van der Waals surface area (Å²) in [6.07, 6.45) is -0.00585.